The summed E-state index contributed by atoms with van der Waals surface area (Å²) in [7, 11) is 4.46. The lowest BCUT2D eigenvalue weighted by atomic mass is 10.3. The van der Waals surface area contributed by atoms with E-state index in [0.717, 1.165) is 0 Å². The lowest BCUT2D eigenvalue weighted by Crippen LogP contribution is -2.16. The van der Waals surface area contributed by atoms with Crippen LogP contribution in [0.15, 0.2) is 35.6 Å². The number of carbonyl (C=O) groups excluding carboxylic acids is 1. The number of ether oxygens (including phenoxy) is 1. The topological polar surface area (TPSA) is 90.3 Å². The fourth-order valence-electron chi connectivity index (χ4n) is 1.70. The van der Waals surface area contributed by atoms with Gasteiger partial charge in [0.1, 0.15) is 11.4 Å². The van der Waals surface area contributed by atoms with Crippen LogP contribution in [0.5, 0.6) is 5.75 Å². The summed E-state index contributed by atoms with van der Waals surface area (Å²) in [6.45, 7) is 0. The molecule has 0 aliphatic heterocycles. The molecule has 1 N–H and O–H groups in total. The Morgan fingerprint density at radius 2 is 2.14 bits per heavy atom. The fourth-order valence-corrected chi connectivity index (χ4v) is 2.48. The predicted molar refractivity (Wildman–Crippen MR) is 77.2 cm³/mol. The van der Waals surface area contributed by atoms with Crippen LogP contribution < -0.4 is 10.1 Å². The van der Waals surface area contributed by atoms with Crippen molar-refractivity contribution in [2.24, 2.45) is 7.05 Å². The molecule has 0 saturated heterocycles. The number of nitrogens with one attached hydrogen (secondary N) is 1. The maximum Gasteiger partial charge on any atom is 0.274 e. The summed E-state index contributed by atoms with van der Waals surface area (Å²) in [5, 5.41) is 2.57. The van der Waals surface area contributed by atoms with Gasteiger partial charge in [-0.25, -0.2) is 13.4 Å². The number of carbonyl (C=O) groups is 1. The second-order valence-corrected chi connectivity index (χ2v) is 6.71. The van der Waals surface area contributed by atoms with Gasteiger partial charge in [0.2, 0.25) is 0 Å². The van der Waals surface area contributed by atoms with Crippen LogP contribution in [-0.4, -0.2) is 31.0 Å². The first-order valence-electron chi connectivity index (χ1n) is 5.73. The molecular weight excluding hydrogens is 318 g/mol. The highest BCUT2D eigenvalue weighted by Crippen LogP contribution is 2.29. The number of rotatable bonds is 4. The minimum atomic E-state index is -3.90. The van der Waals surface area contributed by atoms with Crippen molar-refractivity contribution in [1.29, 1.82) is 0 Å². The molecule has 1 aromatic carbocycles. The van der Waals surface area contributed by atoms with Gasteiger partial charge in [-0.2, -0.15) is 0 Å². The van der Waals surface area contributed by atoms with E-state index >= 15 is 0 Å². The standard InChI is InChI=1S/C12H12ClN3O4S/c1-16-7-14-6-10(16)12(17)15-9-5-8(21(13,18)19)3-4-11(9)20-2/h3-7H,1-2H3,(H,15,17). The van der Waals surface area contributed by atoms with Crippen molar-refractivity contribution < 1.29 is 17.9 Å². The van der Waals surface area contributed by atoms with E-state index in [2.05, 4.69) is 10.3 Å². The second-order valence-electron chi connectivity index (χ2n) is 4.14. The third kappa shape index (κ3) is 3.34. The summed E-state index contributed by atoms with van der Waals surface area (Å²) in [4.78, 5) is 15.8. The van der Waals surface area contributed by atoms with Gasteiger partial charge in [0, 0.05) is 17.7 Å². The van der Waals surface area contributed by atoms with E-state index in [-0.39, 0.29) is 10.6 Å². The molecule has 0 saturated carbocycles. The summed E-state index contributed by atoms with van der Waals surface area (Å²) in [5.74, 6) is -0.132. The molecule has 1 heterocycles. The molecule has 2 rings (SSSR count). The number of imidazole rings is 1. The molecule has 112 valence electrons. The summed E-state index contributed by atoms with van der Waals surface area (Å²) < 4.78 is 29.3. The van der Waals surface area contributed by atoms with Crippen molar-refractivity contribution >= 4 is 31.3 Å². The molecule has 0 radical (unpaired) electrons. The molecule has 21 heavy (non-hydrogen) atoms. The number of amides is 1. The number of hydrogen-bond donors (Lipinski definition) is 1. The number of benzene rings is 1. The van der Waals surface area contributed by atoms with Gasteiger partial charge in [-0.3, -0.25) is 4.79 Å². The normalized spacial score (nSPS) is 11.2. The number of aromatic nitrogens is 2. The lowest BCUT2D eigenvalue weighted by molar-refractivity contribution is 0.101. The largest absolute Gasteiger partial charge is 0.495 e. The van der Waals surface area contributed by atoms with Crippen molar-refractivity contribution in [2.45, 2.75) is 4.90 Å². The Labute approximate surface area is 125 Å². The quantitative estimate of drug-likeness (QED) is 0.861. The molecule has 1 amide bonds. The SMILES string of the molecule is COc1ccc(S(=O)(=O)Cl)cc1NC(=O)c1cncn1C. The molecule has 0 spiro atoms. The first-order valence-corrected chi connectivity index (χ1v) is 8.04. The van der Waals surface area contributed by atoms with Crippen LogP contribution in [0.2, 0.25) is 0 Å². The molecule has 0 atom stereocenters. The van der Waals surface area contributed by atoms with Crippen LogP contribution in [-0.2, 0) is 16.1 Å². The van der Waals surface area contributed by atoms with Gasteiger partial charge in [-0.15, -0.1) is 0 Å². The molecule has 0 fully saturated rings. The smallest absolute Gasteiger partial charge is 0.274 e. The van der Waals surface area contributed by atoms with E-state index in [1.165, 1.54) is 42.4 Å². The van der Waals surface area contributed by atoms with Crippen molar-refractivity contribution in [3.8, 4) is 5.75 Å². The first-order chi connectivity index (χ1) is 9.82. The summed E-state index contributed by atoms with van der Waals surface area (Å²) in [6.07, 6.45) is 2.87. The Morgan fingerprint density at radius 3 is 2.67 bits per heavy atom. The number of methoxy groups -OCH3 is 1. The third-order valence-electron chi connectivity index (χ3n) is 2.75. The van der Waals surface area contributed by atoms with Crippen LogP contribution in [0.3, 0.4) is 0 Å². The third-order valence-corrected chi connectivity index (χ3v) is 4.10. The average molecular weight is 330 g/mol. The van der Waals surface area contributed by atoms with Gasteiger partial charge in [-0.1, -0.05) is 0 Å². The summed E-state index contributed by atoms with van der Waals surface area (Å²) >= 11 is 0. The van der Waals surface area contributed by atoms with Crippen molar-refractivity contribution in [3.05, 3.63) is 36.4 Å². The number of aryl methyl sites for hydroxylation is 1. The van der Waals surface area contributed by atoms with E-state index < -0.39 is 15.0 Å². The van der Waals surface area contributed by atoms with Crippen molar-refractivity contribution in [2.75, 3.05) is 12.4 Å². The molecule has 0 aliphatic rings. The molecule has 0 aliphatic carbocycles. The molecule has 2 aromatic rings. The molecule has 9 heteroatoms. The van der Waals surface area contributed by atoms with Crippen LogP contribution in [0.4, 0.5) is 5.69 Å². The van der Waals surface area contributed by atoms with E-state index in [0.29, 0.717) is 11.4 Å². The summed E-state index contributed by atoms with van der Waals surface area (Å²) in [6, 6.07) is 3.93. The van der Waals surface area contributed by atoms with Crippen LogP contribution >= 0.6 is 10.7 Å². The zero-order valence-corrected chi connectivity index (χ0v) is 12.8. The highest BCUT2D eigenvalue weighted by Gasteiger charge is 2.17. The Balaban J connectivity index is 2.38. The lowest BCUT2D eigenvalue weighted by Gasteiger charge is -2.11. The van der Waals surface area contributed by atoms with E-state index in [1.54, 1.807) is 7.05 Å². The highest BCUT2D eigenvalue weighted by molar-refractivity contribution is 8.13. The van der Waals surface area contributed by atoms with Gasteiger partial charge in [0.15, 0.2) is 0 Å². The number of hydrogen-bond acceptors (Lipinski definition) is 5. The highest BCUT2D eigenvalue weighted by atomic mass is 35.7. The van der Waals surface area contributed by atoms with E-state index in [4.69, 9.17) is 15.4 Å². The van der Waals surface area contributed by atoms with E-state index in [1.807, 2.05) is 0 Å². The average Bonchev–Trinajstić information content (AvgIpc) is 2.84. The molecule has 0 bridgehead atoms. The van der Waals surface area contributed by atoms with Gasteiger partial charge in [0.05, 0.1) is 30.2 Å². The monoisotopic (exact) mass is 329 g/mol. The van der Waals surface area contributed by atoms with Gasteiger partial charge >= 0.3 is 0 Å². The number of nitrogens with zero attached hydrogens (tertiary/aromatic N) is 2. The maximum atomic E-state index is 12.1. The fraction of sp³-hybridized carbons (Fsp3) is 0.167. The van der Waals surface area contributed by atoms with Gasteiger partial charge < -0.3 is 14.6 Å². The Morgan fingerprint density at radius 1 is 1.43 bits per heavy atom. The molecular formula is C12H12ClN3O4S. The number of anilines is 1. The minimum absolute atomic E-state index is 0.134. The Kier molecular flexibility index (Phi) is 4.19. The minimum Gasteiger partial charge on any atom is -0.495 e. The maximum absolute atomic E-state index is 12.1. The van der Waals surface area contributed by atoms with Crippen LogP contribution in [0, 0.1) is 0 Å². The van der Waals surface area contributed by atoms with Crippen LogP contribution in [0.25, 0.3) is 0 Å². The summed E-state index contributed by atoms with van der Waals surface area (Å²) in [5.41, 5.74) is 0.515. The van der Waals surface area contributed by atoms with E-state index in [9.17, 15) is 13.2 Å². The molecule has 1 aromatic heterocycles. The predicted octanol–water partition coefficient (Wildman–Crippen LogP) is 1.61. The second kappa shape index (κ2) is 5.74. The van der Waals surface area contributed by atoms with Crippen molar-refractivity contribution in [1.82, 2.24) is 9.55 Å². The Hall–Kier alpha value is -2.06. The zero-order valence-electron chi connectivity index (χ0n) is 11.2. The zero-order chi connectivity index (χ0) is 15.6. The first kappa shape index (κ1) is 15.3. The molecule has 7 nitrogen and oxygen atoms in total. The van der Waals surface area contributed by atoms with Gasteiger partial charge in [0.25, 0.3) is 15.0 Å². The van der Waals surface area contributed by atoms with Gasteiger partial charge in [-0.05, 0) is 18.2 Å². The Bertz CT molecular complexity index is 786. The van der Waals surface area contributed by atoms with Crippen LogP contribution in [0.1, 0.15) is 10.5 Å². The molecule has 0 unspecified atom stereocenters. The number of halogens is 1. The van der Waals surface area contributed by atoms with Crippen molar-refractivity contribution in [3.63, 3.8) is 0 Å².